The molecule has 154 valence electrons. The minimum Gasteiger partial charge on any atom is -0.495 e. The predicted octanol–water partition coefficient (Wildman–Crippen LogP) is 5.43. The Hall–Kier alpha value is -3.67. The SMILES string of the molecule is CCOc1ccccc1N[C@@H](C)C(=O)Nc1cc2oc3ccccc3c2cc1OC. The van der Waals surface area contributed by atoms with E-state index in [9.17, 15) is 4.79 Å². The lowest BCUT2D eigenvalue weighted by atomic mass is 10.1. The molecule has 0 spiro atoms. The fraction of sp³-hybridized carbons (Fsp3) is 0.208. The molecule has 6 heteroatoms. The maximum absolute atomic E-state index is 12.9. The fourth-order valence-corrected chi connectivity index (χ4v) is 3.43. The van der Waals surface area contributed by atoms with E-state index in [0.717, 1.165) is 22.0 Å². The van der Waals surface area contributed by atoms with Crippen LogP contribution < -0.4 is 20.1 Å². The Morgan fingerprint density at radius 2 is 1.73 bits per heavy atom. The molecule has 4 aromatic rings. The molecular formula is C24H24N2O4. The van der Waals surface area contributed by atoms with E-state index in [1.807, 2.05) is 61.5 Å². The second kappa shape index (κ2) is 8.37. The third kappa shape index (κ3) is 3.76. The summed E-state index contributed by atoms with van der Waals surface area (Å²) in [6.45, 7) is 4.27. The molecule has 0 fully saturated rings. The normalized spacial score (nSPS) is 12.0. The molecular weight excluding hydrogens is 380 g/mol. The van der Waals surface area contributed by atoms with Crippen molar-refractivity contribution in [1.82, 2.24) is 0 Å². The first kappa shape index (κ1) is 19.6. The highest BCUT2D eigenvalue weighted by Crippen LogP contribution is 2.36. The summed E-state index contributed by atoms with van der Waals surface area (Å²) in [6, 6.07) is 18.6. The number of rotatable bonds is 7. The number of benzene rings is 3. The van der Waals surface area contributed by atoms with Crippen molar-refractivity contribution < 1.29 is 18.7 Å². The van der Waals surface area contributed by atoms with Crippen LogP contribution in [0.2, 0.25) is 0 Å². The van der Waals surface area contributed by atoms with Crippen LogP contribution in [0.25, 0.3) is 21.9 Å². The highest BCUT2D eigenvalue weighted by atomic mass is 16.5. The van der Waals surface area contributed by atoms with Crippen molar-refractivity contribution in [3.05, 3.63) is 60.7 Å². The third-order valence-electron chi connectivity index (χ3n) is 4.91. The average molecular weight is 404 g/mol. The Morgan fingerprint density at radius 1 is 0.967 bits per heavy atom. The minimum absolute atomic E-state index is 0.199. The van der Waals surface area contributed by atoms with Gasteiger partial charge in [-0.05, 0) is 38.1 Å². The summed E-state index contributed by atoms with van der Waals surface area (Å²) < 4.78 is 17.1. The number of carbonyl (C=O) groups excluding carboxylic acids is 1. The molecule has 2 N–H and O–H groups in total. The second-order valence-corrected chi connectivity index (χ2v) is 6.93. The van der Waals surface area contributed by atoms with Crippen LogP contribution in [0.5, 0.6) is 11.5 Å². The molecule has 1 amide bonds. The van der Waals surface area contributed by atoms with Crippen molar-refractivity contribution in [3.8, 4) is 11.5 Å². The summed E-state index contributed by atoms with van der Waals surface area (Å²) in [7, 11) is 1.58. The van der Waals surface area contributed by atoms with E-state index in [-0.39, 0.29) is 5.91 Å². The van der Waals surface area contributed by atoms with Crippen molar-refractivity contribution >= 4 is 39.2 Å². The summed E-state index contributed by atoms with van der Waals surface area (Å²) in [4.78, 5) is 12.9. The summed E-state index contributed by atoms with van der Waals surface area (Å²) in [5.41, 5.74) is 2.80. The molecule has 1 heterocycles. The number of para-hydroxylation sites is 3. The maximum atomic E-state index is 12.9. The van der Waals surface area contributed by atoms with Gasteiger partial charge in [0.1, 0.15) is 28.7 Å². The van der Waals surface area contributed by atoms with E-state index >= 15 is 0 Å². The maximum Gasteiger partial charge on any atom is 0.246 e. The highest BCUT2D eigenvalue weighted by molar-refractivity contribution is 6.08. The third-order valence-corrected chi connectivity index (χ3v) is 4.91. The summed E-state index contributed by atoms with van der Waals surface area (Å²) in [5.74, 6) is 1.08. The lowest BCUT2D eigenvalue weighted by Crippen LogP contribution is -2.32. The molecule has 0 unspecified atom stereocenters. The second-order valence-electron chi connectivity index (χ2n) is 6.93. The van der Waals surface area contributed by atoms with E-state index < -0.39 is 6.04 Å². The molecule has 0 radical (unpaired) electrons. The van der Waals surface area contributed by atoms with Crippen molar-refractivity contribution in [2.75, 3.05) is 24.4 Å². The van der Waals surface area contributed by atoms with Crippen LogP contribution >= 0.6 is 0 Å². The molecule has 0 aliphatic rings. The molecule has 4 rings (SSSR count). The average Bonchev–Trinajstić information content (AvgIpc) is 3.12. The van der Waals surface area contributed by atoms with Gasteiger partial charge in [-0.1, -0.05) is 30.3 Å². The van der Waals surface area contributed by atoms with Gasteiger partial charge in [0, 0.05) is 16.8 Å². The van der Waals surface area contributed by atoms with Gasteiger partial charge in [0.05, 0.1) is 25.1 Å². The van der Waals surface area contributed by atoms with Crippen LogP contribution in [0.1, 0.15) is 13.8 Å². The number of carbonyl (C=O) groups is 1. The first-order valence-electron chi connectivity index (χ1n) is 9.89. The zero-order valence-electron chi connectivity index (χ0n) is 17.2. The topological polar surface area (TPSA) is 72.7 Å². The van der Waals surface area contributed by atoms with Crippen molar-refractivity contribution in [3.63, 3.8) is 0 Å². The van der Waals surface area contributed by atoms with Crippen molar-refractivity contribution in [2.45, 2.75) is 19.9 Å². The van der Waals surface area contributed by atoms with Crippen LogP contribution in [0.15, 0.2) is 65.1 Å². The molecule has 1 aromatic heterocycles. The molecule has 0 aliphatic carbocycles. The Morgan fingerprint density at radius 3 is 2.53 bits per heavy atom. The number of fused-ring (bicyclic) bond motifs is 3. The zero-order chi connectivity index (χ0) is 21.1. The Bertz CT molecular complexity index is 1200. The lowest BCUT2D eigenvalue weighted by Gasteiger charge is -2.18. The monoisotopic (exact) mass is 404 g/mol. The highest BCUT2D eigenvalue weighted by Gasteiger charge is 2.18. The molecule has 0 saturated heterocycles. The van der Waals surface area contributed by atoms with Crippen LogP contribution in [0.4, 0.5) is 11.4 Å². The van der Waals surface area contributed by atoms with Crippen LogP contribution in [-0.2, 0) is 4.79 Å². The van der Waals surface area contributed by atoms with E-state index in [2.05, 4.69) is 10.6 Å². The molecule has 0 saturated carbocycles. The number of nitrogens with one attached hydrogen (secondary N) is 2. The van der Waals surface area contributed by atoms with E-state index in [4.69, 9.17) is 13.9 Å². The first-order valence-corrected chi connectivity index (χ1v) is 9.89. The Labute approximate surface area is 174 Å². The lowest BCUT2D eigenvalue weighted by molar-refractivity contribution is -0.116. The molecule has 3 aromatic carbocycles. The predicted molar refractivity (Wildman–Crippen MR) is 120 cm³/mol. The minimum atomic E-state index is -0.498. The number of amides is 1. The molecule has 6 nitrogen and oxygen atoms in total. The Kier molecular flexibility index (Phi) is 5.48. The fourth-order valence-electron chi connectivity index (χ4n) is 3.43. The van der Waals surface area contributed by atoms with Gasteiger partial charge >= 0.3 is 0 Å². The number of furan rings is 1. The van der Waals surface area contributed by atoms with Gasteiger partial charge in [0.25, 0.3) is 0 Å². The van der Waals surface area contributed by atoms with Crippen molar-refractivity contribution in [2.24, 2.45) is 0 Å². The van der Waals surface area contributed by atoms with E-state index in [1.165, 1.54) is 0 Å². The molecule has 30 heavy (non-hydrogen) atoms. The van der Waals surface area contributed by atoms with Crippen LogP contribution in [-0.4, -0.2) is 25.7 Å². The summed E-state index contributed by atoms with van der Waals surface area (Å²) in [5, 5.41) is 8.10. The van der Waals surface area contributed by atoms with Gasteiger partial charge in [-0.15, -0.1) is 0 Å². The summed E-state index contributed by atoms with van der Waals surface area (Å²) >= 11 is 0. The van der Waals surface area contributed by atoms with Crippen molar-refractivity contribution in [1.29, 1.82) is 0 Å². The smallest absolute Gasteiger partial charge is 0.246 e. The van der Waals surface area contributed by atoms with Crippen LogP contribution in [0.3, 0.4) is 0 Å². The standard InChI is InChI=1S/C24H24N2O4/c1-4-29-21-12-8-6-10-18(21)25-15(2)24(27)26-19-14-22-17(13-23(19)28-3)16-9-5-7-11-20(16)30-22/h5-15,25H,4H2,1-3H3,(H,26,27)/t15-/m0/s1. The molecule has 0 bridgehead atoms. The number of hydrogen-bond donors (Lipinski definition) is 2. The number of methoxy groups -OCH3 is 1. The van der Waals surface area contributed by atoms with E-state index in [0.29, 0.717) is 29.4 Å². The number of ether oxygens (including phenoxy) is 2. The molecule has 0 aliphatic heterocycles. The number of anilines is 2. The van der Waals surface area contributed by atoms with Gasteiger partial charge in [-0.25, -0.2) is 0 Å². The van der Waals surface area contributed by atoms with Crippen LogP contribution in [0, 0.1) is 0 Å². The largest absolute Gasteiger partial charge is 0.495 e. The van der Waals surface area contributed by atoms with Gasteiger partial charge in [0.2, 0.25) is 5.91 Å². The quantitative estimate of drug-likeness (QED) is 0.430. The first-order chi connectivity index (χ1) is 14.6. The molecule has 1 atom stereocenters. The van der Waals surface area contributed by atoms with Gasteiger partial charge in [0.15, 0.2) is 0 Å². The van der Waals surface area contributed by atoms with Gasteiger partial charge in [-0.3, -0.25) is 4.79 Å². The van der Waals surface area contributed by atoms with E-state index in [1.54, 1.807) is 20.1 Å². The zero-order valence-corrected chi connectivity index (χ0v) is 17.2. The Balaban J connectivity index is 1.58. The van der Waals surface area contributed by atoms with Gasteiger partial charge in [-0.2, -0.15) is 0 Å². The summed E-state index contributed by atoms with van der Waals surface area (Å²) in [6.07, 6.45) is 0. The van der Waals surface area contributed by atoms with Gasteiger partial charge < -0.3 is 24.5 Å². The number of hydrogen-bond acceptors (Lipinski definition) is 5.